The van der Waals surface area contributed by atoms with E-state index in [4.69, 9.17) is 5.26 Å². The summed E-state index contributed by atoms with van der Waals surface area (Å²) in [5.74, 6) is 0. The smallest absolute Gasteiger partial charge is 0.214 e. The minimum atomic E-state index is -0.507. The summed E-state index contributed by atoms with van der Waals surface area (Å²) in [6.07, 6.45) is 0. The van der Waals surface area contributed by atoms with Crippen LogP contribution in [-0.4, -0.2) is 4.98 Å². The maximum atomic E-state index is 12.1. The minimum Gasteiger partial charge on any atom is -0.231 e. The summed E-state index contributed by atoms with van der Waals surface area (Å²) in [6.45, 7) is 0. The number of thiazole rings is 1. The van der Waals surface area contributed by atoms with Crippen LogP contribution in [0.1, 0.15) is 5.69 Å². The molecule has 0 radical (unpaired) electrons. The van der Waals surface area contributed by atoms with Gasteiger partial charge in [-0.2, -0.15) is 9.65 Å². The van der Waals surface area contributed by atoms with Crippen LogP contribution in [-0.2, 0) is 0 Å². The second-order valence-electron chi connectivity index (χ2n) is 1.09. The van der Waals surface area contributed by atoms with Gasteiger partial charge in [-0.05, 0) is 0 Å². The molecule has 0 aromatic carbocycles. The van der Waals surface area contributed by atoms with Gasteiger partial charge in [0.15, 0.2) is 5.69 Å². The maximum Gasteiger partial charge on any atom is 0.214 e. The second-order valence-corrected chi connectivity index (χ2v) is 1.89. The lowest BCUT2D eigenvalue weighted by atomic mass is 10.6. The van der Waals surface area contributed by atoms with E-state index < -0.39 is 5.13 Å². The number of rotatable bonds is 0. The van der Waals surface area contributed by atoms with E-state index in [1.54, 1.807) is 6.07 Å². The molecule has 40 valence electrons. The Kier molecular flexibility index (Phi) is 1.22. The summed E-state index contributed by atoms with van der Waals surface area (Å²) in [6, 6.07) is 1.60. The minimum absolute atomic E-state index is 0.116. The Hall–Kier alpha value is -0.950. The third-order valence-corrected chi connectivity index (χ3v) is 1.24. The predicted molar refractivity (Wildman–Crippen MR) is 26.8 cm³/mol. The molecule has 1 aromatic heterocycles. The van der Waals surface area contributed by atoms with Crippen molar-refractivity contribution in [2.75, 3.05) is 0 Å². The van der Waals surface area contributed by atoms with Crippen LogP contribution in [0.25, 0.3) is 0 Å². The molecule has 1 heterocycles. The van der Waals surface area contributed by atoms with E-state index in [2.05, 4.69) is 4.98 Å². The van der Waals surface area contributed by atoms with Gasteiger partial charge in [-0.3, -0.25) is 0 Å². The molecule has 8 heavy (non-hydrogen) atoms. The zero-order valence-electron chi connectivity index (χ0n) is 3.76. The Bertz CT molecular complexity index is 224. The molecule has 0 aliphatic heterocycles. The first kappa shape index (κ1) is 5.19. The van der Waals surface area contributed by atoms with Gasteiger partial charge in [-0.25, -0.2) is 4.98 Å². The van der Waals surface area contributed by atoms with Crippen LogP contribution >= 0.6 is 11.3 Å². The van der Waals surface area contributed by atoms with Crippen LogP contribution < -0.4 is 0 Å². The summed E-state index contributed by atoms with van der Waals surface area (Å²) in [5.41, 5.74) is 1.18. The number of nitriles is 1. The van der Waals surface area contributed by atoms with Crippen LogP contribution in [0, 0.1) is 16.5 Å². The highest BCUT2D eigenvalue weighted by Crippen LogP contribution is 2.07. The number of halogens is 1. The lowest BCUT2D eigenvalue weighted by Crippen LogP contribution is -1.73. The van der Waals surface area contributed by atoms with E-state index in [9.17, 15) is 4.39 Å². The van der Waals surface area contributed by atoms with Gasteiger partial charge in [0.25, 0.3) is 0 Å². The van der Waals surface area contributed by atoms with Crippen LogP contribution in [0.15, 0.2) is 5.51 Å². The number of aromatic nitrogens is 1. The molecule has 0 unspecified atom stereocenters. The molecular weight excluding hydrogens is 127 g/mol. The molecule has 1 rings (SSSR count). The number of hydrogen-bond donors (Lipinski definition) is 0. The zero-order valence-corrected chi connectivity index (χ0v) is 4.57. The van der Waals surface area contributed by atoms with Gasteiger partial charge in [0.1, 0.15) is 6.07 Å². The quantitative estimate of drug-likeness (QED) is 0.525. The standard InChI is InChI=1S/C4HFN2S/c5-4-3(1-6)7-2-8-4/h2H. The average molecular weight is 128 g/mol. The van der Waals surface area contributed by atoms with Crippen molar-refractivity contribution >= 4 is 11.3 Å². The van der Waals surface area contributed by atoms with Crippen molar-refractivity contribution in [2.24, 2.45) is 0 Å². The van der Waals surface area contributed by atoms with Crippen molar-refractivity contribution in [2.45, 2.75) is 0 Å². The van der Waals surface area contributed by atoms with Gasteiger partial charge in [-0.15, -0.1) is 0 Å². The van der Waals surface area contributed by atoms with E-state index in [1.165, 1.54) is 5.51 Å². The lowest BCUT2D eigenvalue weighted by molar-refractivity contribution is 0.649. The van der Waals surface area contributed by atoms with Crippen LogP contribution in [0.3, 0.4) is 0 Å². The van der Waals surface area contributed by atoms with Crippen molar-refractivity contribution < 1.29 is 4.39 Å². The van der Waals surface area contributed by atoms with Gasteiger partial charge in [0.05, 0.1) is 5.51 Å². The molecule has 0 N–H and O–H groups in total. The molecule has 0 saturated carbocycles. The van der Waals surface area contributed by atoms with Crippen molar-refractivity contribution in [3.05, 3.63) is 16.3 Å². The first-order valence-electron chi connectivity index (χ1n) is 1.83. The molecule has 0 amide bonds. The fraction of sp³-hybridized carbons (Fsp3) is 0. The fourth-order valence-corrected chi connectivity index (χ4v) is 0.765. The molecule has 0 atom stereocenters. The molecule has 1 aromatic rings. The van der Waals surface area contributed by atoms with Crippen LogP contribution in [0.5, 0.6) is 0 Å². The summed E-state index contributed by atoms with van der Waals surface area (Å²) >= 11 is 0.829. The normalized spacial score (nSPS) is 8.50. The topological polar surface area (TPSA) is 36.7 Å². The highest BCUT2D eigenvalue weighted by molar-refractivity contribution is 7.08. The van der Waals surface area contributed by atoms with Gasteiger partial charge < -0.3 is 0 Å². The van der Waals surface area contributed by atoms with E-state index in [1.807, 2.05) is 0 Å². The van der Waals surface area contributed by atoms with Crippen molar-refractivity contribution in [3.63, 3.8) is 0 Å². The Morgan fingerprint density at radius 1 is 1.88 bits per heavy atom. The molecule has 0 fully saturated rings. The van der Waals surface area contributed by atoms with Gasteiger partial charge in [0, 0.05) is 0 Å². The highest BCUT2D eigenvalue weighted by atomic mass is 32.1. The third kappa shape index (κ3) is 0.678. The summed E-state index contributed by atoms with van der Waals surface area (Å²) in [5, 5.41) is 7.55. The molecule has 0 saturated heterocycles. The summed E-state index contributed by atoms with van der Waals surface area (Å²) in [4.78, 5) is 3.42. The van der Waals surface area contributed by atoms with Crippen LogP contribution in [0.4, 0.5) is 4.39 Å². The Balaban J connectivity index is 3.15. The van der Waals surface area contributed by atoms with E-state index >= 15 is 0 Å². The predicted octanol–water partition coefficient (Wildman–Crippen LogP) is 1.15. The lowest BCUT2D eigenvalue weighted by Gasteiger charge is -1.70. The van der Waals surface area contributed by atoms with Crippen molar-refractivity contribution in [3.8, 4) is 6.07 Å². The van der Waals surface area contributed by atoms with Gasteiger partial charge >= 0.3 is 0 Å². The van der Waals surface area contributed by atoms with E-state index in [-0.39, 0.29) is 5.69 Å². The van der Waals surface area contributed by atoms with E-state index in [0.29, 0.717) is 0 Å². The highest BCUT2D eigenvalue weighted by Gasteiger charge is 2.00. The SMILES string of the molecule is N#Cc1ncsc1F. The Morgan fingerprint density at radius 3 is 2.88 bits per heavy atom. The first-order chi connectivity index (χ1) is 3.84. The first-order valence-corrected chi connectivity index (χ1v) is 2.71. The summed E-state index contributed by atoms with van der Waals surface area (Å²) < 4.78 is 12.1. The second kappa shape index (κ2) is 1.88. The Labute approximate surface area is 49.2 Å². The monoisotopic (exact) mass is 128 g/mol. The summed E-state index contributed by atoms with van der Waals surface area (Å²) in [7, 11) is 0. The molecule has 4 heteroatoms. The molecule has 2 nitrogen and oxygen atoms in total. The van der Waals surface area contributed by atoms with Gasteiger partial charge in [0.2, 0.25) is 5.13 Å². The molecule has 0 spiro atoms. The molecule has 0 bridgehead atoms. The molecule has 0 aliphatic rings. The van der Waals surface area contributed by atoms with Crippen molar-refractivity contribution in [1.29, 1.82) is 5.26 Å². The van der Waals surface area contributed by atoms with E-state index in [0.717, 1.165) is 11.3 Å². The molecule has 0 aliphatic carbocycles. The third-order valence-electron chi connectivity index (χ3n) is 0.630. The maximum absolute atomic E-state index is 12.1. The largest absolute Gasteiger partial charge is 0.231 e. The van der Waals surface area contributed by atoms with Crippen molar-refractivity contribution in [1.82, 2.24) is 4.98 Å². The van der Waals surface area contributed by atoms with Gasteiger partial charge in [-0.1, -0.05) is 11.3 Å². The zero-order chi connectivity index (χ0) is 5.98. The average Bonchev–Trinajstić information content (AvgIpc) is 2.14. The molecular formula is C4HFN2S. The number of hydrogen-bond acceptors (Lipinski definition) is 3. The Morgan fingerprint density at radius 2 is 2.62 bits per heavy atom. The van der Waals surface area contributed by atoms with Crippen LogP contribution in [0.2, 0.25) is 0 Å². The fourth-order valence-electron chi connectivity index (χ4n) is 0.305. The number of nitrogens with zero attached hydrogens (tertiary/aromatic N) is 2.